The highest BCUT2D eigenvalue weighted by Gasteiger charge is 2.21. The van der Waals surface area contributed by atoms with Gasteiger partial charge in [-0.2, -0.15) is 0 Å². The van der Waals surface area contributed by atoms with Crippen LogP contribution >= 0.6 is 24.0 Å². The highest BCUT2D eigenvalue weighted by atomic mass is 127. The van der Waals surface area contributed by atoms with E-state index in [1.807, 2.05) is 0 Å². The summed E-state index contributed by atoms with van der Waals surface area (Å²) in [6.07, 6.45) is 7.38. The number of rotatable bonds is 8. The lowest BCUT2D eigenvalue weighted by atomic mass is 10.0. The number of piperidine rings is 1. The molecule has 1 aliphatic carbocycles. The number of likely N-dealkylation sites (N-methyl/N-ethyl adjacent to an activating group) is 1. The Bertz CT molecular complexity index is 689. The molecule has 0 amide bonds. The zero-order valence-corrected chi connectivity index (χ0v) is 21.2. The molecule has 1 saturated heterocycles. The zero-order chi connectivity index (χ0) is 21.3. The van der Waals surface area contributed by atoms with Crippen molar-refractivity contribution in [1.29, 1.82) is 0 Å². The number of benzene rings is 1. The summed E-state index contributed by atoms with van der Waals surface area (Å²) in [6.45, 7) is 7.25. The number of likely N-dealkylation sites (tertiary alicyclic amines) is 1. The standard InChI is InChI=1S/C23H37F2N5.HI/c1-3-26-23(27-12-15-29(2)20-6-4-5-7-20)28-19-10-13-30(14-11-19)17-18-8-9-21(24)22(25)16-18;/h8-9,16,19-20H,3-7,10-15,17H2,1-2H3,(H2,26,27,28);1H. The number of hydrogen-bond donors (Lipinski definition) is 2. The molecule has 0 radical (unpaired) electrons. The van der Waals surface area contributed by atoms with Gasteiger partial charge in [0.25, 0.3) is 0 Å². The molecule has 8 heteroatoms. The maximum Gasteiger partial charge on any atom is 0.191 e. The third kappa shape index (κ3) is 8.46. The molecule has 0 atom stereocenters. The summed E-state index contributed by atoms with van der Waals surface area (Å²) >= 11 is 0. The zero-order valence-electron chi connectivity index (χ0n) is 18.9. The third-order valence-corrected chi connectivity index (χ3v) is 6.33. The van der Waals surface area contributed by atoms with E-state index < -0.39 is 11.6 Å². The molecule has 1 heterocycles. The van der Waals surface area contributed by atoms with Gasteiger partial charge in [-0.1, -0.05) is 18.9 Å². The molecule has 1 aromatic carbocycles. The van der Waals surface area contributed by atoms with Gasteiger partial charge in [0.1, 0.15) is 0 Å². The van der Waals surface area contributed by atoms with Crippen molar-refractivity contribution in [1.82, 2.24) is 20.4 Å². The summed E-state index contributed by atoms with van der Waals surface area (Å²) in [5.41, 5.74) is 0.821. The van der Waals surface area contributed by atoms with E-state index in [1.165, 1.54) is 37.8 Å². The molecule has 1 aromatic rings. The molecule has 176 valence electrons. The van der Waals surface area contributed by atoms with E-state index in [9.17, 15) is 8.78 Å². The van der Waals surface area contributed by atoms with Crippen LogP contribution in [0.5, 0.6) is 0 Å². The van der Waals surface area contributed by atoms with Crippen LogP contribution < -0.4 is 10.6 Å². The minimum Gasteiger partial charge on any atom is -0.357 e. The number of nitrogens with zero attached hydrogens (tertiary/aromatic N) is 3. The summed E-state index contributed by atoms with van der Waals surface area (Å²) in [4.78, 5) is 9.54. The average molecular weight is 549 g/mol. The van der Waals surface area contributed by atoms with Gasteiger partial charge >= 0.3 is 0 Å². The Morgan fingerprint density at radius 2 is 1.84 bits per heavy atom. The molecule has 31 heavy (non-hydrogen) atoms. The molecule has 2 fully saturated rings. The fourth-order valence-corrected chi connectivity index (χ4v) is 4.49. The Morgan fingerprint density at radius 3 is 2.48 bits per heavy atom. The van der Waals surface area contributed by atoms with Gasteiger partial charge in [0.05, 0.1) is 6.54 Å². The van der Waals surface area contributed by atoms with Gasteiger partial charge < -0.3 is 15.5 Å². The van der Waals surface area contributed by atoms with Gasteiger partial charge in [0.15, 0.2) is 17.6 Å². The average Bonchev–Trinajstić information content (AvgIpc) is 3.27. The van der Waals surface area contributed by atoms with E-state index in [0.29, 0.717) is 12.6 Å². The van der Waals surface area contributed by atoms with Crippen molar-refractivity contribution < 1.29 is 8.78 Å². The molecule has 0 unspecified atom stereocenters. The topological polar surface area (TPSA) is 42.9 Å². The van der Waals surface area contributed by atoms with Crippen LogP contribution in [-0.2, 0) is 6.54 Å². The second kappa shape index (κ2) is 13.5. The monoisotopic (exact) mass is 549 g/mol. The van der Waals surface area contributed by atoms with Crippen molar-refractivity contribution in [3.8, 4) is 0 Å². The SMILES string of the molecule is CCNC(=NCCN(C)C1CCCC1)NC1CCN(Cc2ccc(F)c(F)c2)CC1.I. The second-order valence-corrected chi connectivity index (χ2v) is 8.62. The van der Waals surface area contributed by atoms with Crippen LogP contribution in [0.15, 0.2) is 23.2 Å². The van der Waals surface area contributed by atoms with E-state index in [2.05, 4.69) is 34.4 Å². The van der Waals surface area contributed by atoms with Crippen LogP contribution in [-0.4, -0.2) is 67.6 Å². The summed E-state index contributed by atoms with van der Waals surface area (Å²) in [6, 6.07) is 5.30. The summed E-state index contributed by atoms with van der Waals surface area (Å²) in [5.74, 6) is -0.656. The van der Waals surface area contributed by atoms with Crippen molar-refractivity contribution in [2.24, 2.45) is 4.99 Å². The quantitative estimate of drug-likeness (QED) is 0.293. The highest BCUT2D eigenvalue weighted by molar-refractivity contribution is 14.0. The lowest BCUT2D eigenvalue weighted by molar-refractivity contribution is 0.198. The normalized spacial score (nSPS) is 18.9. The van der Waals surface area contributed by atoms with Gasteiger partial charge in [-0.25, -0.2) is 8.78 Å². The summed E-state index contributed by atoms with van der Waals surface area (Å²) in [5, 5.41) is 6.95. The van der Waals surface area contributed by atoms with E-state index in [-0.39, 0.29) is 24.0 Å². The first kappa shape index (κ1) is 26.3. The Kier molecular flexibility index (Phi) is 11.5. The number of guanidine groups is 1. The van der Waals surface area contributed by atoms with E-state index in [1.54, 1.807) is 6.07 Å². The number of aliphatic imine (C=N–C) groups is 1. The van der Waals surface area contributed by atoms with Crippen LogP contribution in [0.3, 0.4) is 0 Å². The molecule has 1 aliphatic heterocycles. The van der Waals surface area contributed by atoms with Crippen LogP contribution in [0.25, 0.3) is 0 Å². The molecular weight excluding hydrogens is 511 g/mol. The van der Waals surface area contributed by atoms with Gasteiger partial charge in [-0.15, -0.1) is 24.0 Å². The van der Waals surface area contributed by atoms with Crippen molar-refractivity contribution in [3.63, 3.8) is 0 Å². The highest BCUT2D eigenvalue weighted by Crippen LogP contribution is 2.22. The number of hydrogen-bond acceptors (Lipinski definition) is 3. The lowest BCUT2D eigenvalue weighted by Gasteiger charge is -2.33. The smallest absolute Gasteiger partial charge is 0.191 e. The molecule has 0 bridgehead atoms. The molecule has 3 rings (SSSR count). The Balaban J connectivity index is 0.00000341. The van der Waals surface area contributed by atoms with Crippen LogP contribution in [0.4, 0.5) is 8.78 Å². The van der Waals surface area contributed by atoms with E-state index >= 15 is 0 Å². The van der Waals surface area contributed by atoms with E-state index in [0.717, 1.165) is 63.1 Å². The Hall–Kier alpha value is -1.00. The first-order valence-electron chi connectivity index (χ1n) is 11.5. The molecule has 1 saturated carbocycles. The summed E-state index contributed by atoms with van der Waals surface area (Å²) < 4.78 is 26.5. The van der Waals surface area contributed by atoms with Crippen LogP contribution in [0.2, 0.25) is 0 Å². The first-order valence-corrected chi connectivity index (χ1v) is 11.5. The minimum absolute atomic E-state index is 0. The largest absolute Gasteiger partial charge is 0.357 e. The Morgan fingerprint density at radius 1 is 1.13 bits per heavy atom. The molecule has 5 nitrogen and oxygen atoms in total. The fourth-order valence-electron chi connectivity index (χ4n) is 4.49. The molecular formula is C23H38F2IN5. The van der Waals surface area contributed by atoms with Crippen molar-refractivity contribution >= 4 is 29.9 Å². The maximum atomic E-state index is 13.4. The minimum atomic E-state index is -0.786. The second-order valence-electron chi connectivity index (χ2n) is 8.62. The van der Waals surface area contributed by atoms with Gasteiger partial charge in [-0.05, 0) is 57.4 Å². The van der Waals surface area contributed by atoms with Crippen molar-refractivity contribution in [3.05, 3.63) is 35.4 Å². The summed E-state index contributed by atoms with van der Waals surface area (Å²) in [7, 11) is 2.22. The third-order valence-electron chi connectivity index (χ3n) is 6.33. The van der Waals surface area contributed by atoms with Crippen molar-refractivity contribution in [2.45, 2.75) is 64.1 Å². The first-order chi connectivity index (χ1) is 14.5. The lowest BCUT2D eigenvalue weighted by Crippen LogP contribution is -2.48. The van der Waals surface area contributed by atoms with Crippen LogP contribution in [0.1, 0.15) is 51.0 Å². The van der Waals surface area contributed by atoms with Gasteiger partial charge in [0.2, 0.25) is 0 Å². The van der Waals surface area contributed by atoms with Gasteiger partial charge in [0, 0.05) is 44.8 Å². The maximum absolute atomic E-state index is 13.4. The molecule has 2 aliphatic rings. The van der Waals surface area contributed by atoms with Crippen LogP contribution in [0, 0.1) is 11.6 Å². The molecule has 2 N–H and O–H groups in total. The number of halogens is 3. The predicted molar refractivity (Wildman–Crippen MR) is 134 cm³/mol. The molecule has 0 spiro atoms. The fraction of sp³-hybridized carbons (Fsp3) is 0.696. The van der Waals surface area contributed by atoms with E-state index in [4.69, 9.17) is 4.99 Å². The number of nitrogens with one attached hydrogen (secondary N) is 2. The van der Waals surface area contributed by atoms with Gasteiger partial charge in [-0.3, -0.25) is 9.89 Å². The van der Waals surface area contributed by atoms with Crippen molar-refractivity contribution in [2.75, 3.05) is 39.8 Å². The predicted octanol–water partition coefficient (Wildman–Crippen LogP) is 3.98. The Labute approximate surface area is 203 Å². The molecule has 0 aromatic heterocycles.